The lowest BCUT2D eigenvalue weighted by atomic mass is 10.3. The van der Waals surface area contributed by atoms with Gasteiger partial charge in [-0.3, -0.25) is 0 Å². The van der Waals surface area contributed by atoms with Crippen LogP contribution in [0, 0.1) is 5.82 Å². The van der Waals surface area contributed by atoms with Crippen molar-refractivity contribution in [3.63, 3.8) is 0 Å². The van der Waals surface area contributed by atoms with Crippen LogP contribution in [0.3, 0.4) is 0 Å². The second kappa shape index (κ2) is 4.95. The molecule has 0 atom stereocenters. The summed E-state index contributed by atoms with van der Waals surface area (Å²) in [6, 6.07) is 3.94. The van der Waals surface area contributed by atoms with Crippen LogP contribution < -0.4 is 10.6 Å². The Kier molecular flexibility index (Phi) is 3.88. The Morgan fingerprint density at radius 2 is 2.29 bits per heavy atom. The van der Waals surface area contributed by atoms with E-state index in [0.717, 1.165) is 0 Å². The van der Waals surface area contributed by atoms with E-state index in [0.29, 0.717) is 11.0 Å². The first-order valence-electron chi connectivity index (χ1n) is 4.13. The summed E-state index contributed by atoms with van der Waals surface area (Å²) in [5.41, 5.74) is 0.158. The Balaban J connectivity index is 2.75. The second-order valence-corrected chi connectivity index (χ2v) is 3.52. The summed E-state index contributed by atoms with van der Waals surface area (Å²) in [4.78, 5) is 11.1. The minimum Gasteiger partial charge on any atom is -0.338 e. The van der Waals surface area contributed by atoms with Crippen LogP contribution in [0.4, 0.5) is 14.9 Å². The van der Waals surface area contributed by atoms with Crippen molar-refractivity contribution in [1.82, 2.24) is 5.32 Å². The molecule has 0 spiro atoms. The standard InChI is InChI=1S/C9H10BrFN2O/c1-2-12-9(14)13-8-5-6(10)3-4-7(8)11/h3-5H,2H2,1H3,(H2,12,13,14). The Bertz CT molecular complexity index is 344. The lowest BCUT2D eigenvalue weighted by molar-refractivity contribution is 0.252. The van der Waals surface area contributed by atoms with E-state index in [2.05, 4.69) is 26.6 Å². The topological polar surface area (TPSA) is 41.1 Å². The second-order valence-electron chi connectivity index (χ2n) is 2.61. The molecule has 0 heterocycles. The highest BCUT2D eigenvalue weighted by Gasteiger charge is 2.05. The fourth-order valence-corrected chi connectivity index (χ4v) is 1.28. The zero-order valence-corrected chi connectivity index (χ0v) is 9.19. The van der Waals surface area contributed by atoms with Crippen LogP contribution >= 0.6 is 15.9 Å². The molecule has 0 bridgehead atoms. The molecule has 14 heavy (non-hydrogen) atoms. The van der Waals surface area contributed by atoms with Crippen LogP contribution in [0.2, 0.25) is 0 Å². The minimum absolute atomic E-state index is 0.158. The average Bonchev–Trinajstić information content (AvgIpc) is 2.12. The zero-order valence-electron chi connectivity index (χ0n) is 7.60. The van der Waals surface area contributed by atoms with Gasteiger partial charge in [-0.05, 0) is 25.1 Å². The van der Waals surface area contributed by atoms with Crippen molar-refractivity contribution in [2.24, 2.45) is 0 Å². The number of halogens is 2. The quantitative estimate of drug-likeness (QED) is 0.844. The minimum atomic E-state index is -0.459. The number of anilines is 1. The normalized spacial score (nSPS) is 9.64. The highest BCUT2D eigenvalue weighted by molar-refractivity contribution is 9.10. The molecule has 2 amide bonds. The molecule has 1 aromatic carbocycles. The van der Waals surface area contributed by atoms with Crippen LogP contribution in [0.1, 0.15) is 6.92 Å². The van der Waals surface area contributed by atoms with E-state index >= 15 is 0 Å². The van der Waals surface area contributed by atoms with Gasteiger partial charge in [-0.2, -0.15) is 0 Å². The van der Waals surface area contributed by atoms with Gasteiger partial charge in [-0.15, -0.1) is 0 Å². The van der Waals surface area contributed by atoms with Crippen LogP contribution in [0.25, 0.3) is 0 Å². The van der Waals surface area contributed by atoms with Gasteiger partial charge in [-0.1, -0.05) is 15.9 Å². The molecule has 1 aromatic rings. The van der Waals surface area contributed by atoms with E-state index in [9.17, 15) is 9.18 Å². The van der Waals surface area contributed by atoms with Crippen molar-refractivity contribution in [2.75, 3.05) is 11.9 Å². The van der Waals surface area contributed by atoms with E-state index in [1.54, 1.807) is 13.0 Å². The molecule has 0 aliphatic carbocycles. The molecule has 2 N–H and O–H groups in total. The number of nitrogens with one attached hydrogen (secondary N) is 2. The molecular formula is C9H10BrFN2O. The molecule has 0 saturated carbocycles. The van der Waals surface area contributed by atoms with Gasteiger partial charge in [0.15, 0.2) is 0 Å². The molecule has 0 unspecified atom stereocenters. The molecule has 0 fully saturated rings. The number of rotatable bonds is 2. The Morgan fingerprint density at radius 3 is 2.93 bits per heavy atom. The molecular weight excluding hydrogens is 251 g/mol. The largest absolute Gasteiger partial charge is 0.338 e. The SMILES string of the molecule is CCNC(=O)Nc1cc(Br)ccc1F. The van der Waals surface area contributed by atoms with Gasteiger partial charge in [0.05, 0.1) is 5.69 Å². The Labute approximate surface area is 89.8 Å². The summed E-state index contributed by atoms with van der Waals surface area (Å²) < 4.78 is 13.8. The molecule has 76 valence electrons. The van der Waals surface area contributed by atoms with Gasteiger partial charge >= 0.3 is 6.03 Å². The van der Waals surface area contributed by atoms with Crippen LogP contribution in [0.5, 0.6) is 0 Å². The summed E-state index contributed by atoms with van der Waals surface area (Å²) in [6.45, 7) is 2.29. The van der Waals surface area contributed by atoms with Crippen molar-refractivity contribution in [3.05, 3.63) is 28.5 Å². The van der Waals surface area contributed by atoms with Gasteiger partial charge in [0.2, 0.25) is 0 Å². The van der Waals surface area contributed by atoms with E-state index in [-0.39, 0.29) is 5.69 Å². The third-order valence-corrected chi connectivity index (χ3v) is 2.01. The van der Waals surface area contributed by atoms with Gasteiger partial charge < -0.3 is 10.6 Å². The zero-order chi connectivity index (χ0) is 10.6. The van der Waals surface area contributed by atoms with Crippen molar-refractivity contribution >= 4 is 27.6 Å². The van der Waals surface area contributed by atoms with Gasteiger partial charge in [0, 0.05) is 11.0 Å². The smallest absolute Gasteiger partial charge is 0.319 e. The van der Waals surface area contributed by atoms with Crippen molar-refractivity contribution < 1.29 is 9.18 Å². The molecule has 0 radical (unpaired) electrons. The van der Waals surface area contributed by atoms with E-state index in [1.807, 2.05) is 0 Å². The maximum atomic E-state index is 13.1. The van der Waals surface area contributed by atoms with Crippen molar-refractivity contribution in [2.45, 2.75) is 6.92 Å². The van der Waals surface area contributed by atoms with Gasteiger partial charge in [0.1, 0.15) is 5.82 Å². The number of hydrogen-bond donors (Lipinski definition) is 2. The van der Waals surface area contributed by atoms with Crippen molar-refractivity contribution in [3.8, 4) is 0 Å². The number of carbonyl (C=O) groups is 1. The van der Waals surface area contributed by atoms with Crippen LogP contribution in [0.15, 0.2) is 22.7 Å². The van der Waals surface area contributed by atoms with Crippen LogP contribution in [-0.4, -0.2) is 12.6 Å². The number of amides is 2. The third kappa shape index (κ3) is 2.99. The fourth-order valence-electron chi connectivity index (χ4n) is 0.920. The first-order valence-corrected chi connectivity index (χ1v) is 4.92. The van der Waals surface area contributed by atoms with E-state index in [4.69, 9.17) is 0 Å². The molecule has 0 aromatic heterocycles. The molecule has 3 nitrogen and oxygen atoms in total. The monoisotopic (exact) mass is 260 g/mol. The van der Waals surface area contributed by atoms with Gasteiger partial charge in [-0.25, -0.2) is 9.18 Å². The highest BCUT2D eigenvalue weighted by Crippen LogP contribution is 2.19. The first kappa shape index (κ1) is 11.0. The average molecular weight is 261 g/mol. The number of carbonyl (C=O) groups excluding carboxylic acids is 1. The summed E-state index contributed by atoms with van der Waals surface area (Å²) in [5.74, 6) is -0.459. The molecule has 5 heteroatoms. The van der Waals surface area contributed by atoms with E-state index < -0.39 is 11.8 Å². The molecule has 0 aliphatic rings. The summed E-state index contributed by atoms with van der Waals surface area (Å²) in [5, 5.41) is 4.91. The summed E-state index contributed by atoms with van der Waals surface area (Å²) >= 11 is 3.19. The third-order valence-electron chi connectivity index (χ3n) is 1.51. The Morgan fingerprint density at radius 1 is 1.57 bits per heavy atom. The maximum Gasteiger partial charge on any atom is 0.319 e. The van der Waals surface area contributed by atoms with Gasteiger partial charge in [0.25, 0.3) is 0 Å². The molecule has 0 aliphatic heterocycles. The first-order chi connectivity index (χ1) is 6.63. The number of benzene rings is 1. The lowest BCUT2D eigenvalue weighted by Crippen LogP contribution is -2.28. The summed E-state index contributed by atoms with van der Waals surface area (Å²) in [7, 11) is 0. The predicted molar refractivity (Wildman–Crippen MR) is 56.8 cm³/mol. The molecule has 1 rings (SSSR count). The Hall–Kier alpha value is -1.10. The van der Waals surface area contributed by atoms with E-state index in [1.165, 1.54) is 12.1 Å². The lowest BCUT2D eigenvalue weighted by Gasteiger charge is -2.06. The molecule has 0 saturated heterocycles. The van der Waals surface area contributed by atoms with Crippen molar-refractivity contribution in [1.29, 1.82) is 0 Å². The van der Waals surface area contributed by atoms with Crippen LogP contribution in [-0.2, 0) is 0 Å². The number of urea groups is 1. The predicted octanol–water partition coefficient (Wildman–Crippen LogP) is 2.73. The summed E-state index contributed by atoms with van der Waals surface area (Å²) in [6.07, 6.45) is 0. The maximum absolute atomic E-state index is 13.1. The highest BCUT2D eigenvalue weighted by atomic mass is 79.9. The number of hydrogen-bond acceptors (Lipinski definition) is 1. The fraction of sp³-hybridized carbons (Fsp3) is 0.222.